The minimum absolute atomic E-state index is 0. The van der Waals surface area contributed by atoms with E-state index in [1.807, 2.05) is 36.4 Å². The van der Waals surface area contributed by atoms with Gasteiger partial charge in [-0.15, -0.1) is 79.5 Å². The van der Waals surface area contributed by atoms with Crippen LogP contribution in [0.1, 0.15) is 24.0 Å². The predicted octanol–water partition coefficient (Wildman–Crippen LogP) is 6.74. The fourth-order valence-electron chi connectivity index (χ4n) is 1.97. The van der Waals surface area contributed by atoms with Crippen LogP contribution in [0, 0.1) is 18.6 Å². The third-order valence-corrected chi connectivity index (χ3v) is 3.10. The molecule has 0 fully saturated rings. The Labute approximate surface area is 189 Å². The van der Waals surface area contributed by atoms with Crippen molar-refractivity contribution >= 4 is 24.8 Å². The molecule has 26 heavy (non-hydrogen) atoms. The molecule has 0 amide bonds. The quantitative estimate of drug-likeness (QED) is 0.435. The minimum Gasteiger partial charge on any atom is -0.273 e. The zero-order chi connectivity index (χ0) is 16.0. The summed E-state index contributed by atoms with van der Waals surface area (Å²) in [6.07, 6.45) is 22.2. The van der Waals surface area contributed by atoms with E-state index in [1.54, 1.807) is 0 Å². The molecule has 2 aliphatic carbocycles. The van der Waals surface area contributed by atoms with E-state index in [2.05, 4.69) is 79.3 Å². The van der Waals surface area contributed by atoms with Gasteiger partial charge in [0.25, 0.3) is 0 Å². The zero-order valence-electron chi connectivity index (χ0n) is 14.5. The molecule has 0 atom stereocenters. The van der Waals surface area contributed by atoms with Crippen molar-refractivity contribution in [3.05, 3.63) is 127 Å². The summed E-state index contributed by atoms with van der Waals surface area (Å²) in [6, 6.07) is 20.7. The molecule has 2 aromatic rings. The second kappa shape index (κ2) is 18.5. The van der Waals surface area contributed by atoms with Gasteiger partial charge >= 0.3 is 26.2 Å². The molecule has 133 valence electrons. The molecule has 0 N–H and O–H groups in total. The Morgan fingerprint density at radius 1 is 0.615 bits per heavy atom. The van der Waals surface area contributed by atoms with E-state index in [0.29, 0.717) is 0 Å². The van der Waals surface area contributed by atoms with Gasteiger partial charge in [0.05, 0.1) is 0 Å². The molecule has 1 radical (unpaired) electrons. The van der Waals surface area contributed by atoms with Crippen molar-refractivity contribution in [1.82, 2.24) is 0 Å². The van der Waals surface area contributed by atoms with Gasteiger partial charge in [-0.05, 0) is 0 Å². The third-order valence-electron chi connectivity index (χ3n) is 3.10. The maximum absolute atomic E-state index is 2.99. The minimum atomic E-state index is 0. The van der Waals surface area contributed by atoms with Crippen LogP contribution in [-0.2, 0) is 26.2 Å². The van der Waals surface area contributed by atoms with E-state index < -0.39 is 0 Å². The maximum atomic E-state index is 2.99. The second-order valence-corrected chi connectivity index (χ2v) is 4.97. The first-order valence-corrected chi connectivity index (χ1v) is 7.83. The first-order chi connectivity index (χ1) is 11.4. The summed E-state index contributed by atoms with van der Waals surface area (Å²) >= 11 is 0. The van der Waals surface area contributed by atoms with Gasteiger partial charge in [-0.2, -0.15) is 12.2 Å². The molecule has 3 heteroatoms. The molecule has 0 spiro atoms. The summed E-state index contributed by atoms with van der Waals surface area (Å²) in [6.45, 7) is 0. The van der Waals surface area contributed by atoms with Crippen LogP contribution >= 0.6 is 24.8 Å². The summed E-state index contributed by atoms with van der Waals surface area (Å²) in [5, 5.41) is 0. The molecule has 0 heterocycles. The molecular formula is C23H23Cl2Zr. The van der Waals surface area contributed by atoms with Crippen LogP contribution in [0.4, 0.5) is 0 Å². The number of hydrogen-bond acceptors (Lipinski definition) is 0. The van der Waals surface area contributed by atoms with Crippen LogP contribution in [0.25, 0.3) is 0 Å². The van der Waals surface area contributed by atoms with E-state index in [4.69, 9.17) is 0 Å². The summed E-state index contributed by atoms with van der Waals surface area (Å²) < 4.78 is 0. The van der Waals surface area contributed by atoms with Gasteiger partial charge < -0.3 is 0 Å². The Morgan fingerprint density at radius 2 is 1.00 bits per heavy atom. The molecule has 0 aliphatic heterocycles. The molecule has 0 saturated carbocycles. The number of hydrogen-bond donors (Lipinski definition) is 0. The zero-order valence-corrected chi connectivity index (χ0v) is 18.6. The van der Waals surface area contributed by atoms with Crippen molar-refractivity contribution in [2.75, 3.05) is 0 Å². The molecule has 4 rings (SSSR count). The molecule has 0 unspecified atom stereocenters. The van der Waals surface area contributed by atoms with Crippen molar-refractivity contribution in [3.63, 3.8) is 0 Å². The van der Waals surface area contributed by atoms with Crippen LogP contribution in [0.2, 0.25) is 0 Å². The van der Waals surface area contributed by atoms with Crippen LogP contribution in [0.3, 0.4) is 0 Å². The number of allylic oxidation sites excluding steroid dienone is 8. The topological polar surface area (TPSA) is 0 Å². The monoisotopic (exact) mass is 459 g/mol. The molecule has 0 aromatic heterocycles. The molecule has 0 bridgehead atoms. The van der Waals surface area contributed by atoms with Crippen LogP contribution in [-0.4, -0.2) is 0 Å². The van der Waals surface area contributed by atoms with Gasteiger partial charge in [0.2, 0.25) is 0 Å². The van der Waals surface area contributed by atoms with Crippen LogP contribution in [0.15, 0.2) is 97.1 Å². The van der Waals surface area contributed by atoms with Crippen molar-refractivity contribution < 1.29 is 26.2 Å². The van der Waals surface area contributed by atoms with E-state index in [9.17, 15) is 0 Å². The fourth-order valence-corrected chi connectivity index (χ4v) is 1.97. The van der Waals surface area contributed by atoms with Crippen LogP contribution in [0.5, 0.6) is 0 Å². The van der Waals surface area contributed by atoms with E-state index in [-0.39, 0.29) is 51.0 Å². The summed E-state index contributed by atoms with van der Waals surface area (Å²) in [4.78, 5) is 0. The fraction of sp³-hybridized carbons (Fsp3) is 0.0870. The molecule has 2 aromatic carbocycles. The van der Waals surface area contributed by atoms with Gasteiger partial charge in [0.1, 0.15) is 0 Å². The summed E-state index contributed by atoms with van der Waals surface area (Å²) in [5.41, 5.74) is 2.49. The molecule has 0 nitrogen and oxygen atoms in total. The van der Waals surface area contributed by atoms with E-state index in [0.717, 1.165) is 12.8 Å². The number of benzene rings is 2. The third kappa shape index (κ3) is 13.0. The number of halogens is 2. The first-order valence-electron chi connectivity index (χ1n) is 7.83. The Morgan fingerprint density at radius 3 is 1.23 bits per heavy atom. The average molecular weight is 462 g/mol. The summed E-state index contributed by atoms with van der Waals surface area (Å²) in [5.74, 6) is 0. The predicted molar refractivity (Wildman–Crippen MR) is 113 cm³/mol. The Hall–Kier alpha value is -1.27. The van der Waals surface area contributed by atoms with Gasteiger partial charge in [-0.25, -0.2) is 24.3 Å². The second-order valence-electron chi connectivity index (χ2n) is 4.97. The van der Waals surface area contributed by atoms with Gasteiger partial charge in [-0.1, -0.05) is 36.4 Å². The standard InChI is InChI=1S/C13H11.2C5H5.2ClH.Zr/c1-3-7-12(8-4-1)11-13-9-5-2-6-10-13;2*1-2-4-5-3-1;;;/h1-11H;2*1-3H,4H2;2*1H;/q3*-1;;;+3. The Balaban J connectivity index is 0. The van der Waals surface area contributed by atoms with Gasteiger partial charge in [0.15, 0.2) is 0 Å². The number of rotatable bonds is 2. The summed E-state index contributed by atoms with van der Waals surface area (Å²) in [7, 11) is 0. The van der Waals surface area contributed by atoms with E-state index >= 15 is 0 Å². The van der Waals surface area contributed by atoms with Gasteiger partial charge in [0, 0.05) is 0 Å². The Bertz CT molecular complexity index is 580. The van der Waals surface area contributed by atoms with Crippen molar-refractivity contribution in [2.45, 2.75) is 12.8 Å². The smallest absolute Gasteiger partial charge is 0.273 e. The normalized spacial score (nSPS) is 11.5. The first kappa shape index (κ1) is 27.0. The average Bonchev–Trinajstić information content (AvgIpc) is 3.35. The molecular weight excluding hydrogens is 438 g/mol. The van der Waals surface area contributed by atoms with Crippen molar-refractivity contribution in [2.24, 2.45) is 0 Å². The van der Waals surface area contributed by atoms with Crippen molar-refractivity contribution in [3.8, 4) is 0 Å². The van der Waals surface area contributed by atoms with Gasteiger partial charge in [-0.3, -0.25) is 12.2 Å². The van der Waals surface area contributed by atoms with E-state index in [1.165, 1.54) is 11.1 Å². The van der Waals surface area contributed by atoms with Crippen LogP contribution < -0.4 is 0 Å². The molecule has 0 saturated heterocycles. The maximum Gasteiger partial charge on any atom is 3.00 e. The van der Waals surface area contributed by atoms with Crippen molar-refractivity contribution in [1.29, 1.82) is 0 Å². The largest absolute Gasteiger partial charge is 3.00 e. The molecule has 2 aliphatic rings. The SMILES string of the molecule is Cl.Cl.[C-]1=CC=CC1.[C-]1=CC=CC1.[Zr+3].c1ccc([CH-]c2ccccc2)cc1. The Kier molecular flexibility index (Phi) is 19.2.